The zero-order chi connectivity index (χ0) is 12.6. The van der Waals surface area contributed by atoms with Crippen molar-refractivity contribution in [2.45, 2.75) is 63.8 Å². The van der Waals surface area contributed by atoms with Crippen LogP contribution in [-0.2, 0) is 9.16 Å². The second-order valence-corrected chi connectivity index (χ2v) is 10.8. The predicted octanol–water partition coefficient (Wildman–Crippen LogP) is 1.48. The van der Waals surface area contributed by atoms with Crippen LogP contribution in [0.25, 0.3) is 0 Å². The Morgan fingerprint density at radius 2 is 1.88 bits per heavy atom. The largest absolute Gasteiger partial charge is 0.414 e. The summed E-state index contributed by atoms with van der Waals surface area (Å²) in [5, 5.41) is 19.0. The second-order valence-electron chi connectivity index (χ2n) is 6.00. The Morgan fingerprint density at radius 3 is 2.25 bits per heavy atom. The highest BCUT2D eigenvalue weighted by Gasteiger charge is 2.40. The van der Waals surface area contributed by atoms with E-state index in [1.165, 1.54) is 0 Å². The Hall–Kier alpha value is 0.0569. The molecule has 1 fully saturated rings. The van der Waals surface area contributed by atoms with Gasteiger partial charge in [0.25, 0.3) is 0 Å². The van der Waals surface area contributed by atoms with E-state index in [1.807, 2.05) is 0 Å². The first-order valence-corrected chi connectivity index (χ1v) is 8.70. The minimum atomic E-state index is -1.80. The fourth-order valence-electron chi connectivity index (χ4n) is 1.36. The van der Waals surface area contributed by atoms with Gasteiger partial charge in [-0.1, -0.05) is 20.8 Å². The molecule has 0 radical (unpaired) electrons. The van der Waals surface area contributed by atoms with Crippen molar-refractivity contribution in [3.05, 3.63) is 0 Å². The number of rotatable bonds is 3. The first-order chi connectivity index (χ1) is 7.13. The van der Waals surface area contributed by atoms with Crippen molar-refractivity contribution < 1.29 is 19.4 Å². The summed E-state index contributed by atoms with van der Waals surface area (Å²) in [6.07, 6.45) is -1.56. The molecule has 1 unspecified atom stereocenters. The van der Waals surface area contributed by atoms with E-state index < -0.39 is 20.7 Å². The van der Waals surface area contributed by atoms with Gasteiger partial charge in [0.05, 0.1) is 12.7 Å². The van der Waals surface area contributed by atoms with Crippen LogP contribution < -0.4 is 0 Å². The Labute approximate surface area is 98.7 Å². The summed E-state index contributed by atoms with van der Waals surface area (Å²) < 4.78 is 11.1. The molecule has 0 aromatic rings. The number of hydrogen-bond donors (Lipinski definition) is 2. The lowest BCUT2D eigenvalue weighted by molar-refractivity contribution is -0.106. The van der Waals surface area contributed by atoms with Crippen LogP contribution in [0.2, 0.25) is 18.1 Å². The van der Waals surface area contributed by atoms with E-state index in [1.54, 1.807) is 0 Å². The summed E-state index contributed by atoms with van der Waals surface area (Å²) >= 11 is 0. The van der Waals surface area contributed by atoms with E-state index in [0.29, 0.717) is 6.61 Å². The minimum absolute atomic E-state index is 0.148. The smallest absolute Gasteiger partial charge is 0.192 e. The lowest BCUT2D eigenvalue weighted by Crippen LogP contribution is -2.43. The second kappa shape index (κ2) is 4.74. The summed E-state index contributed by atoms with van der Waals surface area (Å²) in [7, 11) is -1.80. The maximum atomic E-state index is 9.61. The van der Waals surface area contributed by atoms with E-state index in [9.17, 15) is 10.2 Å². The molecule has 0 aliphatic carbocycles. The molecule has 0 aromatic heterocycles. The molecule has 1 rings (SSSR count). The zero-order valence-electron chi connectivity index (χ0n) is 10.9. The van der Waals surface area contributed by atoms with Gasteiger partial charge in [-0.25, -0.2) is 0 Å². The molecule has 2 N–H and O–H groups in total. The third kappa shape index (κ3) is 3.27. The normalized spacial score (nSPS) is 32.1. The molecule has 0 spiro atoms. The Kier molecular flexibility index (Phi) is 4.18. The molecule has 0 saturated carbocycles. The van der Waals surface area contributed by atoms with Gasteiger partial charge in [0.2, 0.25) is 0 Å². The van der Waals surface area contributed by atoms with Gasteiger partial charge in [-0.15, -0.1) is 0 Å². The summed E-state index contributed by atoms with van der Waals surface area (Å²) in [6, 6.07) is 0. The Morgan fingerprint density at radius 1 is 1.31 bits per heavy atom. The molecular weight excluding hydrogens is 224 g/mol. The molecule has 5 heteroatoms. The van der Waals surface area contributed by atoms with Crippen molar-refractivity contribution in [1.29, 1.82) is 0 Å². The van der Waals surface area contributed by atoms with Crippen LogP contribution in [0.3, 0.4) is 0 Å². The quantitative estimate of drug-likeness (QED) is 0.743. The molecule has 0 amide bonds. The lowest BCUT2D eigenvalue weighted by Gasteiger charge is -2.37. The van der Waals surface area contributed by atoms with E-state index in [-0.39, 0.29) is 17.6 Å². The van der Waals surface area contributed by atoms with Gasteiger partial charge < -0.3 is 19.4 Å². The van der Waals surface area contributed by atoms with Crippen LogP contribution in [0.15, 0.2) is 0 Å². The van der Waals surface area contributed by atoms with Gasteiger partial charge >= 0.3 is 0 Å². The first kappa shape index (κ1) is 14.1. The van der Waals surface area contributed by atoms with Gasteiger partial charge in [-0.2, -0.15) is 0 Å². The number of hydrogen-bond acceptors (Lipinski definition) is 4. The van der Waals surface area contributed by atoms with Crippen LogP contribution in [0, 0.1) is 0 Å². The fraction of sp³-hybridized carbons (Fsp3) is 1.00. The summed E-state index contributed by atoms with van der Waals surface area (Å²) in [5.74, 6) is 0. The fourth-order valence-corrected chi connectivity index (χ4v) is 2.38. The van der Waals surface area contributed by atoms with Crippen molar-refractivity contribution >= 4 is 8.32 Å². The van der Waals surface area contributed by atoms with Gasteiger partial charge in [-0.05, 0) is 18.1 Å². The molecule has 1 heterocycles. The zero-order valence-corrected chi connectivity index (χ0v) is 11.9. The molecule has 1 saturated heterocycles. The number of aliphatic hydroxyl groups excluding tert-OH is 2. The van der Waals surface area contributed by atoms with Crippen molar-refractivity contribution in [2.75, 3.05) is 6.61 Å². The molecule has 16 heavy (non-hydrogen) atoms. The minimum Gasteiger partial charge on any atom is -0.414 e. The van der Waals surface area contributed by atoms with Gasteiger partial charge in [-0.3, -0.25) is 0 Å². The third-order valence-corrected chi connectivity index (χ3v) is 8.12. The predicted molar refractivity (Wildman–Crippen MR) is 64.7 cm³/mol. The van der Waals surface area contributed by atoms with Crippen LogP contribution in [0.5, 0.6) is 0 Å². The average molecular weight is 248 g/mol. The maximum absolute atomic E-state index is 9.61. The summed E-state index contributed by atoms with van der Waals surface area (Å²) in [6.45, 7) is 11.2. The van der Waals surface area contributed by atoms with Crippen molar-refractivity contribution in [3.63, 3.8) is 0 Å². The van der Waals surface area contributed by atoms with E-state index in [0.717, 1.165) is 0 Å². The molecule has 0 bridgehead atoms. The molecule has 1 aliphatic heterocycles. The molecule has 3 atom stereocenters. The highest BCUT2D eigenvalue weighted by molar-refractivity contribution is 6.74. The molecule has 0 aromatic carbocycles. The van der Waals surface area contributed by atoms with Gasteiger partial charge in [0.1, 0.15) is 6.10 Å². The monoisotopic (exact) mass is 248 g/mol. The highest BCUT2D eigenvalue weighted by atomic mass is 28.4. The maximum Gasteiger partial charge on any atom is 0.192 e. The van der Waals surface area contributed by atoms with E-state index >= 15 is 0 Å². The topological polar surface area (TPSA) is 58.9 Å². The van der Waals surface area contributed by atoms with E-state index in [4.69, 9.17) is 9.16 Å². The van der Waals surface area contributed by atoms with E-state index in [2.05, 4.69) is 33.9 Å². The molecule has 1 aliphatic rings. The molecule has 96 valence electrons. The van der Waals surface area contributed by atoms with Crippen LogP contribution in [0.4, 0.5) is 0 Å². The van der Waals surface area contributed by atoms with Crippen molar-refractivity contribution in [2.24, 2.45) is 0 Å². The van der Waals surface area contributed by atoms with Crippen molar-refractivity contribution in [3.8, 4) is 0 Å². The molecular formula is C11H24O4Si. The Bertz CT molecular complexity index is 237. The third-order valence-electron chi connectivity index (χ3n) is 3.62. The van der Waals surface area contributed by atoms with Crippen LogP contribution >= 0.6 is 0 Å². The first-order valence-electron chi connectivity index (χ1n) is 5.79. The lowest BCUT2D eigenvalue weighted by atomic mass is 10.2. The summed E-state index contributed by atoms with van der Waals surface area (Å²) in [4.78, 5) is 0. The average Bonchev–Trinajstić information content (AvgIpc) is 2.39. The molecule has 4 nitrogen and oxygen atoms in total. The number of ether oxygens (including phenoxy) is 1. The van der Waals surface area contributed by atoms with Crippen molar-refractivity contribution in [1.82, 2.24) is 0 Å². The van der Waals surface area contributed by atoms with Gasteiger partial charge in [0, 0.05) is 6.42 Å². The standard InChI is InChI=1S/C11H24O4Si/c1-11(2,3)16(4,5)14-7-9-8(12)6-10(13)15-9/h8-10,12-13H,6-7H2,1-5H3/t8-,9+,10?/m0/s1. The van der Waals surface area contributed by atoms with Crippen LogP contribution in [-0.4, -0.2) is 43.6 Å². The Balaban J connectivity index is 2.46. The summed E-state index contributed by atoms with van der Waals surface area (Å²) in [5.41, 5.74) is 0. The number of aliphatic hydroxyl groups is 2. The van der Waals surface area contributed by atoms with Gasteiger partial charge in [0.15, 0.2) is 14.6 Å². The highest BCUT2D eigenvalue weighted by Crippen LogP contribution is 2.37. The SMILES string of the molecule is CC(C)(C)[Si](C)(C)OC[C@H]1OC(O)C[C@@H]1O. The van der Waals surface area contributed by atoms with Crippen LogP contribution in [0.1, 0.15) is 27.2 Å².